The second-order valence-electron chi connectivity index (χ2n) is 9.82. The Bertz CT molecular complexity index is 1230. The Morgan fingerprint density at radius 2 is 0.900 bits per heavy atom. The van der Waals surface area contributed by atoms with Crippen molar-refractivity contribution in [1.29, 1.82) is 0 Å². The van der Waals surface area contributed by atoms with Crippen molar-refractivity contribution < 1.29 is 18.9 Å². The van der Waals surface area contributed by atoms with Crippen LogP contribution in [0.1, 0.15) is 47.9 Å². The van der Waals surface area contributed by atoms with Gasteiger partial charge in [-0.1, -0.05) is 36.4 Å². The van der Waals surface area contributed by atoms with Crippen LogP contribution in [-0.4, -0.2) is 38.4 Å². The first-order valence-electron chi connectivity index (χ1n) is 14.0. The average Bonchev–Trinajstić information content (AvgIpc) is 3.01. The number of hydrogen-bond acceptors (Lipinski definition) is 6. The van der Waals surface area contributed by atoms with Crippen molar-refractivity contribution in [2.24, 2.45) is 0 Å². The molecule has 2 aromatic carbocycles. The van der Waals surface area contributed by atoms with Gasteiger partial charge in [0.2, 0.25) is 0 Å². The van der Waals surface area contributed by atoms with E-state index in [4.69, 9.17) is 18.9 Å². The van der Waals surface area contributed by atoms with Crippen LogP contribution in [0.15, 0.2) is 73.1 Å². The molecule has 0 radical (unpaired) electrons. The van der Waals surface area contributed by atoms with E-state index in [1.54, 1.807) is 28.4 Å². The third-order valence-corrected chi connectivity index (χ3v) is 7.20. The number of hydrogen-bond donors (Lipinski definition) is 0. The summed E-state index contributed by atoms with van der Waals surface area (Å²) in [4.78, 5) is 9.37. The molecule has 0 N–H and O–H groups in total. The first-order chi connectivity index (χ1) is 19.7. The number of nitrogens with zero attached hydrogens (tertiary/aromatic N) is 2. The standard InChI is InChI=1S/C34H40N2O4/c1-37-31-17-9-15-27(33(31)39-3)13-7-5-11-25-19-21-29(35-23-25)30-22-20-26(24-36-30)12-6-8-14-28-16-10-18-32(38-2)34(28)40-4/h9-10,15-24H,5-8,11-14H2,1-4H3. The first-order valence-corrected chi connectivity index (χ1v) is 14.0. The number of aryl methyl sites for hydroxylation is 4. The Kier molecular flexibility index (Phi) is 10.8. The summed E-state index contributed by atoms with van der Waals surface area (Å²) in [7, 11) is 6.74. The molecule has 0 spiro atoms. The molecule has 2 aromatic heterocycles. The van der Waals surface area contributed by atoms with Gasteiger partial charge in [-0.15, -0.1) is 0 Å². The molecule has 0 amide bonds. The lowest BCUT2D eigenvalue weighted by molar-refractivity contribution is 0.351. The summed E-state index contributed by atoms with van der Waals surface area (Å²) in [5.41, 5.74) is 6.66. The Balaban J connectivity index is 1.22. The highest BCUT2D eigenvalue weighted by atomic mass is 16.5. The Morgan fingerprint density at radius 3 is 1.25 bits per heavy atom. The monoisotopic (exact) mass is 540 g/mol. The molecule has 40 heavy (non-hydrogen) atoms. The fourth-order valence-corrected chi connectivity index (χ4v) is 5.04. The maximum Gasteiger partial charge on any atom is 0.163 e. The second-order valence-corrected chi connectivity index (χ2v) is 9.82. The van der Waals surface area contributed by atoms with Crippen molar-refractivity contribution in [2.75, 3.05) is 28.4 Å². The summed E-state index contributed by atoms with van der Waals surface area (Å²) < 4.78 is 21.9. The van der Waals surface area contributed by atoms with E-state index in [0.717, 1.165) is 85.8 Å². The molecular formula is C34H40N2O4. The maximum absolute atomic E-state index is 5.55. The smallest absolute Gasteiger partial charge is 0.163 e. The van der Waals surface area contributed by atoms with E-state index in [1.807, 2.05) is 36.7 Å². The largest absolute Gasteiger partial charge is 0.493 e. The number of unbranched alkanes of at least 4 members (excludes halogenated alkanes) is 2. The summed E-state index contributed by atoms with van der Waals surface area (Å²) in [5.74, 6) is 3.24. The van der Waals surface area contributed by atoms with Crippen molar-refractivity contribution in [3.05, 3.63) is 95.3 Å². The number of aromatic nitrogens is 2. The van der Waals surface area contributed by atoms with E-state index in [2.05, 4.69) is 46.4 Å². The summed E-state index contributed by atoms with van der Waals surface area (Å²) in [6.07, 6.45) is 12.2. The first kappa shape index (κ1) is 28.9. The van der Waals surface area contributed by atoms with Crippen molar-refractivity contribution >= 4 is 0 Å². The molecule has 0 saturated heterocycles. The molecule has 0 fully saturated rings. The predicted molar refractivity (Wildman–Crippen MR) is 160 cm³/mol. The molecule has 210 valence electrons. The molecule has 0 unspecified atom stereocenters. The highest BCUT2D eigenvalue weighted by Gasteiger charge is 2.10. The van der Waals surface area contributed by atoms with Crippen molar-refractivity contribution in [3.63, 3.8) is 0 Å². The van der Waals surface area contributed by atoms with E-state index in [-0.39, 0.29) is 0 Å². The van der Waals surface area contributed by atoms with Crippen LogP contribution in [0.5, 0.6) is 23.0 Å². The minimum Gasteiger partial charge on any atom is -0.493 e. The van der Waals surface area contributed by atoms with Gasteiger partial charge in [-0.05, 0) is 97.9 Å². The molecule has 0 saturated carbocycles. The van der Waals surface area contributed by atoms with Gasteiger partial charge in [-0.2, -0.15) is 0 Å². The quantitative estimate of drug-likeness (QED) is 0.147. The Hall–Kier alpha value is -4.06. The summed E-state index contributed by atoms with van der Waals surface area (Å²) in [6.45, 7) is 0. The van der Waals surface area contributed by atoms with Crippen LogP contribution in [0.3, 0.4) is 0 Å². The summed E-state index contributed by atoms with van der Waals surface area (Å²) >= 11 is 0. The molecule has 4 aromatic rings. The lowest BCUT2D eigenvalue weighted by Crippen LogP contribution is -1.97. The van der Waals surface area contributed by atoms with E-state index in [1.165, 1.54) is 22.3 Å². The van der Waals surface area contributed by atoms with Gasteiger partial charge in [0.15, 0.2) is 23.0 Å². The van der Waals surface area contributed by atoms with Crippen molar-refractivity contribution in [2.45, 2.75) is 51.4 Å². The highest BCUT2D eigenvalue weighted by Crippen LogP contribution is 2.32. The number of rotatable bonds is 15. The zero-order valence-corrected chi connectivity index (χ0v) is 24.1. The molecule has 6 heteroatoms. The van der Waals surface area contributed by atoms with Gasteiger partial charge in [0.25, 0.3) is 0 Å². The Labute approximate surface area is 238 Å². The van der Waals surface area contributed by atoms with Crippen LogP contribution in [0.25, 0.3) is 11.4 Å². The van der Waals surface area contributed by atoms with Crippen LogP contribution < -0.4 is 18.9 Å². The van der Waals surface area contributed by atoms with Gasteiger partial charge < -0.3 is 18.9 Å². The van der Waals surface area contributed by atoms with Crippen molar-refractivity contribution in [3.8, 4) is 34.4 Å². The highest BCUT2D eigenvalue weighted by molar-refractivity contribution is 5.54. The third-order valence-electron chi connectivity index (χ3n) is 7.20. The van der Waals surface area contributed by atoms with Crippen LogP contribution in [0, 0.1) is 0 Å². The molecule has 0 aliphatic carbocycles. The van der Waals surface area contributed by atoms with Gasteiger partial charge in [0.1, 0.15) is 0 Å². The lowest BCUT2D eigenvalue weighted by Gasteiger charge is -2.12. The Morgan fingerprint density at radius 1 is 0.475 bits per heavy atom. The average molecular weight is 541 g/mol. The van der Waals surface area contributed by atoms with E-state index >= 15 is 0 Å². The number of pyridine rings is 2. The molecule has 0 aliphatic rings. The normalized spacial score (nSPS) is 10.8. The SMILES string of the molecule is COc1cccc(CCCCc2ccc(-c3ccc(CCCCc4cccc(OC)c4OC)cn3)nc2)c1OC. The fourth-order valence-electron chi connectivity index (χ4n) is 5.04. The zero-order chi connectivity index (χ0) is 28.2. The molecule has 4 rings (SSSR count). The van der Waals surface area contributed by atoms with Crippen molar-refractivity contribution in [1.82, 2.24) is 9.97 Å². The molecule has 2 heterocycles. The van der Waals surface area contributed by atoms with Crippen LogP contribution in [-0.2, 0) is 25.7 Å². The van der Waals surface area contributed by atoms with E-state index in [0.29, 0.717) is 0 Å². The maximum atomic E-state index is 5.55. The topological polar surface area (TPSA) is 62.7 Å². The molecule has 0 atom stereocenters. The molecular weight excluding hydrogens is 500 g/mol. The van der Waals surface area contributed by atoms with Crippen LogP contribution >= 0.6 is 0 Å². The van der Waals surface area contributed by atoms with Gasteiger partial charge >= 0.3 is 0 Å². The fraction of sp³-hybridized carbons (Fsp3) is 0.353. The minimum atomic E-state index is 0.784. The third kappa shape index (κ3) is 7.53. The second kappa shape index (κ2) is 14.9. The van der Waals surface area contributed by atoms with E-state index < -0.39 is 0 Å². The molecule has 6 nitrogen and oxygen atoms in total. The van der Waals surface area contributed by atoms with E-state index in [9.17, 15) is 0 Å². The van der Waals surface area contributed by atoms with Gasteiger partial charge in [-0.3, -0.25) is 9.97 Å². The van der Waals surface area contributed by atoms with Gasteiger partial charge in [-0.25, -0.2) is 0 Å². The summed E-state index contributed by atoms with van der Waals surface area (Å²) in [6, 6.07) is 20.6. The lowest BCUT2D eigenvalue weighted by atomic mass is 10.0. The number of ether oxygens (including phenoxy) is 4. The number of benzene rings is 2. The minimum absolute atomic E-state index is 0.784. The van der Waals surface area contributed by atoms with Gasteiger partial charge in [0, 0.05) is 12.4 Å². The number of methoxy groups -OCH3 is 4. The molecule has 0 aliphatic heterocycles. The predicted octanol–water partition coefficient (Wildman–Crippen LogP) is 7.31. The van der Waals surface area contributed by atoms with Crippen LogP contribution in [0.4, 0.5) is 0 Å². The summed E-state index contributed by atoms with van der Waals surface area (Å²) in [5, 5.41) is 0. The number of para-hydroxylation sites is 2. The molecule has 0 bridgehead atoms. The zero-order valence-electron chi connectivity index (χ0n) is 24.1. The van der Waals surface area contributed by atoms with Crippen LogP contribution in [0.2, 0.25) is 0 Å². The van der Waals surface area contributed by atoms with Gasteiger partial charge in [0.05, 0.1) is 39.8 Å².